The van der Waals surface area contributed by atoms with Gasteiger partial charge in [0.15, 0.2) is 5.60 Å². The van der Waals surface area contributed by atoms with E-state index in [1.807, 2.05) is 20.8 Å². The largest absolute Gasteiger partial charge is 0.465 e. The highest BCUT2D eigenvalue weighted by atomic mass is 16.6. The van der Waals surface area contributed by atoms with Gasteiger partial charge in [-0.25, -0.2) is 4.79 Å². The molecule has 3 aliphatic rings. The van der Waals surface area contributed by atoms with Crippen LogP contribution in [0.3, 0.4) is 0 Å². The molecule has 2 aliphatic carbocycles. The Labute approximate surface area is 241 Å². The molecule has 1 saturated heterocycles. The topological polar surface area (TPSA) is 135 Å². The fourth-order valence-electron chi connectivity index (χ4n) is 7.23. The number of hydrogen-bond donors (Lipinski definition) is 1. The first kappa shape index (κ1) is 31.0. The number of esters is 4. The van der Waals surface area contributed by atoms with Gasteiger partial charge in [0, 0.05) is 19.8 Å². The van der Waals surface area contributed by atoms with Crippen LogP contribution in [-0.4, -0.2) is 70.7 Å². The molecule has 2 bridgehead atoms. The first-order valence-corrected chi connectivity index (χ1v) is 14.3. The van der Waals surface area contributed by atoms with E-state index in [-0.39, 0.29) is 19.3 Å². The lowest BCUT2D eigenvalue weighted by molar-refractivity contribution is -0.340. The average Bonchev–Trinajstić information content (AvgIpc) is 3.07. The molecule has 2 saturated carbocycles. The number of benzene rings is 1. The first-order chi connectivity index (χ1) is 19.1. The number of fused-ring (bicyclic) bond motifs is 1. The van der Waals surface area contributed by atoms with Crippen LogP contribution in [0.1, 0.15) is 84.5 Å². The van der Waals surface area contributed by atoms with Gasteiger partial charge in [-0.15, -0.1) is 0 Å². The summed E-state index contributed by atoms with van der Waals surface area (Å²) in [5.74, 6) is -3.27. The molecule has 226 valence electrons. The Bertz CT molecular complexity index is 1180. The fourth-order valence-corrected chi connectivity index (χ4v) is 7.23. The Morgan fingerprint density at radius 3 is 2.24 bits per heavy atom. The third kappa shape index (κ3) is 5.03. The van der Waals surface area contributed by atoms with Gasteiger partial charge in [0.2, 0.25) is 0 Å². The summed E-state index contributed by atoms with van der Waals surface area (Å²) in [5.41, 5.74) is -5.74. The summed E-state index contributed by atoms with van der Waals surface area (Å²) < 4.78 is 30.9. The number of carbonyl (C=O) groups excluding carboxylic acids is 4. The maximum absolute atomic E-state index is 13.5. The van der Waals surface area contributed by atoms with Crippen molar-refractivity contribution < 1.29 is 48.0 Å². The summed E-state index contributed by atoms with van der Waals surface area (Å²) in [6, 6.07) is 8.43. The van der Waals surface area contributed by atoms with Gasteiger partial charge < -0.3 is 28.8 Å². The molecule has 1 N–H and O–H groups in total. The van der Waals surface area contributed by atoms with E-state index in [0.717, 1.165) is 0 Å². The second-order valence-electron chi connectivity index (χ2n) is 12.4. The molecular weight excluding hydrogens is 532 g/mol. The second-order valence-corrected chi connectivity index (χ2v) is 12.4. The van der Waals surface area contributed by atoms with Crippen molar-refractivity contribution in [3.63, 3.8) is 0 Å². The predicted molar refractivity (Wildman–Crippen MR) is 145 cm³/mol. The third-order valence-electron chi connectivity index (χ3n) is 9.42. The maximum Gasteiger partial charge on any atom is 0.338 e. The normalized spacial score (nSPS) is 35.9. The standard InChI is InChI=1S/C31H42O10/c1-8-18(2)26(34)39-23-14-15-29(7,36)31-25(38-20(4)33)22(28(5,6)41-31)16-24(30(23,31)17-37-19(3)32)40-27(35)21-12-10-9-11-13-21/h9-13,18,22-25,36H,8,14-17H2,1-7H3/t18-,22-,23+,24-,25-,29+,30+,31+/m1/s1. The minimum atomic E-state index is -1.77. The molecule has 0 unspecified atom stereocenters. The van der Waals surface area contributed by atoms with Crippen LogP contribution in [0, 0.1) is 17.3 Å². The number of rotatable bonds is 8. The minimum absolute atomic E-state index is 0.118. The predicted octanol–water partition coefficient (Wildman–Crippen LogP) is 3.76. The summed E-state index contributed by atoms with van der Waals surface area (Å²) in [4.78, 5) is 51.6. The summed E-state index contributed by atoms with van der Waals surface area (Å²) in [6.07, 6.45) is -2.12. The molecule has 0 radical (unpaired) electrons. The molecule has 0 aromatic heterocycles. The van der Waals surface area contributed by atoms with Gasteiger partial charge in [0.05, 0.1) is 22.7 Å². The molecule has 1 aliphatic heterocycles. The number of aliphatic hydroxyl groups is 1. The van der Waals surface area contributed by atoms with Crippen LogP contribution in [0.25, 0.3) is 0 Å². The monoisotopic (exact) mass is 574 g/mol. The van der Waals surface area contributed by atoms with Crippen molar-refractivity contribution in [2.24, 2.45) is 17.3 Å². The van der Waals surface area contributed by atoms with Crippen LogP contribution < -0.4 is 0 Å². The SMILES string of the molecule is CC[C@@H](C)C(=O)O[C@H]1CC[C@](C)(O)[C@]23OC(C)(C)[C@H](C[C@@H](OC(=O)c4ccccc4)[C@]12COC(C)=O)[C@H]3OC(C)=O. The maximum atomic E-state index is 13.5. The van der Waals surface area contributed by atoms with E-state index in [9.17, 15) is 24.3 Å². The second kappa shape index (κ2) is 11.0. The summed E-state index contributed by atoms with van der Waals surface area (Å²) in [7, 11) is 0. The highest BCUT2D eigenvalue weighted by Crippen LogP contribution is 2.69. The van der Waals surface area contributed by atoms with Gasteiger partial charge in [-0.1, -0.05) is 32.0 Å². The summed E-state index contributed by atoms with van der Waals surface area (Å²) in [6.45, 7) is 10.9. The molecule has 1 aromatic rings. The number of ether oxygens (including phenoxy) is 5. The van der Waals surface area contributed by atoms with Crippen molar-refractivity contribution in [1.29, 1.82) is 0 Å². The highest BCUT2D eigenvalue weighted by molar-refractivity contribution is 5.89. The van der Waals surface area contributed by atoms with Crippen LogP contribution >= 0.6 is 0 Å². The average molecular weight is 575 g/mol. The van der Waals surface area contributed by atoms with Gasteiger partial charge in [0.1, 0.15) is 30.3 Å². The lowest BCUT2D eigenvalue weighted by Gasteiger charge is -2.64. The van der Waals surface area contributed by atoms with E-state index in [1.54, 1.807) is 44.2 Å². The van der Waals surface area contributed by atoms with E-state index < -0.39 is 82.8 Å². The quantitative estimate of drug-likeness (QED) is 0.361. The van der Waals surface area contributed by atoms with Gasteiger partial charge in [-0.2, -0.15) is 0 Å². The molecule has 3 fully saturated rings. The van der Waals surface area contributed by atoms with Crippen molar-refractivity contribution in [2.75, 3.05) is 6.61 Å². The fraction of sp³-hybridized carbons (Fsp3) is 0.677. The third-order valence-corrected chi connectivity index (χ3v) is 9.42. The molecule has 1 spiro atoms. The Balaban J connectivity index is 1.98. The van der Waals surface area contributed by atoms with Gasteiger partial charge in [-0.05, 0) is 58.6 Å². The molecule has 4 rings (SSSR count). The number of hydrogen-bond acceptors (Lipinski definition) is 10. The van der Waals surface area contributed by atoms with Crippen LogP contribution in [0.2, 0.25) is 0 Å². The van der Waals surface area contributed by atoms with Crippen LogP contribution in [0.15, 0.2) is 30.3 Å². The summed E-state index contributed by atoms with van der Waals surface area (Å²) in [5, 5.41) is 12.2. The minimum Gasteiger partial charge on any atom is -0.465 e. The molecule has 10 heteroatoms. The zero-order valence-corrected chi connectivity index (χ0v) is 24.9. The molecule has 1 heterocycles. The van der Waals surface area contributed by atoms with Crippen molar-refractivity contribution >= 4 is 23.9 Å². The van der Waals surface area contributed by atoms with Crippen LogP contribution in [0.4, 0.5) is 0 Å². The zero-order valence-electron chi connectivity index (χ0n) is 24.9. The van der Waals surface area contributed by atoms with E-state index in [0.29, 0.717) is 12.0 Å². The molecule has 8 atom stereocenters. The van der Waals surface area contributed by atoms with Gasteiger partial charge in [-0.3, -0.25) is 14.4 Å². The lowest BCUT2D eigenvalue weighted by atomic mass is 9.47. The van der Waals surface area contributed by atoms with Crippen molar-refractivity contribution in [3.8, 4) is 0 Å². The molecule has 10 nitrogen and oxygen atoms in total. The van der Waals surface area contributed by atoms with Gasteiger partial charge >= 0.3 is 23.9 Å². The van der Waals surface area contributed by atoms with Crippen molar-refractivity contribution in [1.82, 2.24) is 0 Å². The lowest BCUT2D eigenvalue weighted by Crippen LogP contribution is -2.81. The van der Waals surface area contributed by atoms with Crippen molar-refractivity contribution in [2.45, 2.75) is 109 Å². The van der Waals surface area contributed by atoms with Crippen molar-refractivity contribution in [3.05, 3.63) is 35.9 Å². The van der Waals surface area contributed by atoms with Crippen LogP contribution in [0.5, 0.6) is 0 Å². The Hall–Kier alpha value is -2.98. The molecular formula is C31H42O10. The molecule has 41 heavy (non-hydrogen) atoms. The Kier molecular flexibility index (Phi) is 8.32. The van der Waals surface area contributed by atoms with E-state index in [1.165, 1.54) is 13.8 Å². The van der Waals surface area contributed by atoms with E-state index in [4.69, 9.17) is 23.7 Å². The van der Waals surface area contributed by atoms with Crippen LogP contribution in [-0.2, 0) is 38.1 Å². The number of carbonyl (C=O) groups is 4. The van der Waals surface area contributed by atoms with E-state index in [2.05, 4.69) is 0 Å². The van der Waals surface area contributed by atoms with E-state index >= 15 is 0 Å². The zero-order chi connectivity index (χ0) is 30.4. The first-order valence-electron chi connectivity index (χ1n) is 14.3. The molecule has 1 aromatic carbocycles. The van der Waals surface area contributed by atoms with Gasteiger partial charge in [0.25, 0.3) is 0 Å². The highest BCUT2D eigenvalue weighted by Gasteiger charge is 2.84. The summed E-state index contributed by atoms with van der Waals surface area (Å²) >= 11 is 0. The molecule has 0 amide bonds. The Morgan fingerprint density at radius 2 is 1.66 bits per heavy atom. The Morgan fingerprint density at radius 1 is 1.00 bits per heavy atom. The smallest absolute Gasteiger partial charge is 0.338 e.